The fourth-order valence-corrected chi connectivity index (χ4v) is 3.79. The molecule has 4 aromatic rings. The number of nitrogens with one attached hydrogen (secondary N) is 2. The van der Waals surface area contributed by atoms with E-state index in [1.165, 1.54) is 5.56 Å². The third kappa shape index (κ3) is 7.51. The van der Waals surface area contributed by atoms with Crippen LogP contribution in [-0.2, 0) is 12.8 Å². The molecule has 0 aliphatic carbocycles. The van der Waals surface area contributed by atoms with E-state index in [2.05, 4.69) is 32.9 Å². The van der Waals surface area contributed by atoms with Crippen molar-refractivity contribution in [3.8, 4) is 11.5 Å². The van der Waals surface area contributed by atoms with Crippen molar-refractivity contribution >= 4 is 17.6 Å². The van der Waals surface area contributed by atoms with Gasteiger partial charge < -0.3 is 20.1 Å². The van der Waals surface area contributed by atoms with E-state index in [1.807, 2.05) is 49.4 Å². The zero-order valence-corrected chi connectivity index (χ0v) is 21.1. The molecule has 3 aromatic carbocycles. The van der Waals surface area contributed by atoms with Gasteiger partial charge in [0.1, 0.15) is 0 Å². The van der Waals surface area contributed by atoms with Crippen molar-refractivity contribution in [2.24, 2.45) is 0 Å². The van der Waals surface area contributed by atoms with Crippen LogP contribution in [0, 0.1) is 6.92 Å². The van der Waals surface area contributed by atoms with Crippen molar-refractivity contribution in [1.82, 2.24) is 20.4 Å². The quantitative estimate of drug-likeness (QED) is 0.297. The standard InChI is InChI=1S/C29H31N5O3/c1-21-8-6-12-25(20-21)31-29(36)34(2)19-17-26-32-28(37-33-26)24-15-13-23(14-16-24)27(35)30-18-7-11-22-9-4-3-5-10-22/h3-6,8-10,12-16,20H,7,11,17-19H2,1-2H3,(H,30,35)(H,31,36). The maximum absolute atomic E-state index is 12.4. The Bertz CT molecular complexity index is 1320. The largest absolute Gasteiger partial charge is 0.352 e. The smallest absolute Gasteiger partial charge is 0.321 e. The number of nitrogens with zero attached hydrogens (tertiary/aromatic N) is 3. The van der Waals surface area contributed by atoms with Crippen LogP contribution in [0.5, 0.6) is 0 Å². The van der Waals surface area contributed by atoms with E-state index in [0.717, 1.165) is 29.7 Å². The number of hydrogen-bond donors (Lipinski definition) is 2. The van der Waals surface area contributed by atoms with Gasteiger partial charge in [0.2, 0.25) is 0 Å². The average molecular weight is 498 g/mol. The van der Waals surface area contributed by atoms with Crippen LogP contribution in [0.2, 0.25) is 0 Å². The van der Waals surface area contributed by atoms with Gasteiger partial charge in [-0.1, -0.05) is 47.6 Å². The van der Waals surface area contributed by atoms with Crippen molar-refractivity contribution in [2.45, 2.75) is 26.2 Å². The number of aromatic nitrogens is 2. The van der Waals surface area contributed by atoms with Crippen LogP contribution in [0.3, 0.4) is 0 Å². The minimum Gasteiger partial charge on any atom is -0.352 e. The van der Waals surface area contributed by atoms with E-state index in [1.54, 1.807) is 36.2 Å². The lowest BCUT2D eigenvalue weighted by atomic mass is 10.1. The number of carbonyl (C=O) groups excluding carboxylic acids is 2. The Hall–Kier alpha value is -4.46. The Morgan fingerprint density at radius 1 is 0.946 bits per heavy atom. The molecule has 8 heteroatoms. The van der Waals surface area contributed by atoms with E-state index in [4.69, 9.17) is 4.52 Å². The molecule has 0 atom stereocenters. The molecule has 0 fully saturated rings. The number of aryl methyl sites for hydroxylation is 2. The van der Waals surface area contributed by atoms with Gasteiger partial charge in [0.05, 0.1) is 0 Å². The van der Waals surface area contributed by atoms with Crippen LogP contribution in [-0.4, -0.2) is 47.1 Å². The fraction of sp³-hybridized carbons (Fsp3) is 0.241. The Balaban J connectivity index is 1.23. The monoisotopic (exact) mass is 497 g/mol. The van der Waals surface area contributed by atoms with Gasteiger partial charge in [-0.05, 0) is 67.3 Å². The summed E-state index contributed by atoms with van der Waals surface area (Å²) in [4.78, 5) is 30.9. The average Bonchev–Trinajstić information content (AvgIpc) is 3.39. The van der Waals surface area contributed by atoms with Crippen molar-refractivity contribution in [3.63, 3.8) is 0 Å². The predicted octanol–water partition coefficient (Wildman–Crippen LogP) is 5.11. The van der Waals surface area contributed by atoms with E-state index >= 15 is 0 Å². The van der Waals surface area contributed by atoms with Crippen LogP contribution in [0.15, 0.2) is 83.4 Å². The van der Waals surface area contributed by atoms with Gasteiger partial charge in [-0.2, -0.15) is 4.98 Å². The lowest BCUT2D eigenvalue weighted by Gasteiger charge is -2.17. The first-order chi connectivity index (χ1) is 18.0. The minimum atomic E-state index is -0.205. The predicted molar refractivity (Wildman–Crippen MR) is 143 cm³/mol. The minimum absolute atomic E-state index is 0.113. The highest BCUT2D eigenvalue weighted by atomic mass is 16.5. The SMILES string of the molecule is Cc1cccc(NC(=O)N(C)CCc2noc(-c3ccc(C(=O)NCCCc4ccccc4)cc3)n2)c1. The van der Waals surface area contributed by atoms with Gasteiger partial charge in [0, 0.05) is 43.4 Å². The lowest BCUT2D eigenvalue weighted by Crippen LogP contribution is -2.33. The topological polar surface area (TPSA) is 100 Å². The molecule has 2 N–H and O–H groups in total. The summed E-state index contributed by atoms with van der Waals surface area (Å²) in [5.74, 6) is 0.764. The van der Waals surface area contributed by atoms with Crippen molar-refractivity contribution in [2.75, 3.05) is 25.5 Å². The van der Waals surface area contributed by atoms with Crippen molar-refractivity contribution < 1.29 is 14.1 Å². The summed E-state index contributed by atoms with van der Waals surface area (Å²) in [6.07, 6.45) is 2.25. The molecular weight excluding hydrogens is 466 g/mol. The first-order valence-electron chi connectivity index (χ1n) is 12.3. The molecule has 190 valence electrons. The van der Waals surface area contributed by atoms with Crippen LogP contribution >= 0.6 is 0 Å². The second-order valence-corrected chi connectivity index (χ2v) is 8.91. The van der Waals surface area contributed by atoms with E-state index in [-0.39, 0.29) is 11.9 Å². The first kappa shape index (κ1) is 25.6. The van der Waals surface area contributed by atoms with Gasteiger partial charge in [-0.3, -0.25) is 4.79 Å². The van der Waals surface area contributed by atoms with Crippen LogP contribution in [0.1, 0.15) is 33.7 Å². The van der Waals surface area contributed by atoms with E-state index in [0.29, 0.717) is 36.8 Å². The Labute approximate surface area is 216 Å². The van der Waals surface area contributed by atoms with Gasteiger partial charge >= 0.3 is 6.03 Å². The molecule has 8 nitrogen and oxygen atoms in total. The number of urea groups is 1. The van der Waals surface area contributed by atoms with Crippen LogP contribution in [0.25, 0.3) is 11.5 Å². The molecule has 0 aliphatic rings. The summed E-state index contributed by atoms with van der Waals surface area (Å²) in [6, 6.07) is 24.7. The maximum Gasteiger partial charge on any atom is 0.321 e. The number of amides is 3. The van der Waals surface area contributed by atoms with E-state index in [9.17, 15) is 9.59 Å². The summed E-state index contributed by atoms with van der Waals surface area (Å²) < 4.78 is 5.39. The van der Waals surface area contributed by atoms with Gasteiger partial charge in [0.15, 0.2) is 5.82 Å². The molecule has 3 amide bonds. The van der Waals surface area contributed by atoms with Crippen molar-refractivity contribution in [3.05, 3.63) is 101 Å². The Morgan fingerprint density at radius 2 is 1.73 bits per heavy atom. The Morgan fingerprint density at radius 3 is 2.49 bits per heavy atom. The molecule has 0 unspecified atom stereocenters. The van der Waals surface area contributed by atoms with E-state index < -0.39 is 0 Å². The van der Waals surface area contributed by atoms with Crippen LogP contribution in [0.4, 0.5) is 10.5 Å². The third-order valence-electron chi connectivity index (χ3n) is 5.92. The number of benzene rings is 3. The summed E-state index contributed by atoms with van der Waals surface area (Å²) in [6.45, 7) is 3.02. The number of anilines is 1. The van der Waals surface area contributed by atoms with Gasteiger partial charge in [-0.15, -0.1) is 0 Å². The number of likely N-dealkylation sites (N-methyl/N-ethyl adjacent to an activating group) is 1. The molecule has 4 rings (SSSR count). The highest BCUT2D eigenvalue weighted by Gasteiger charge is 2.14. The lowest BCUT2D eigenvalue weighted by molar-refractivity contribution is 0.0953. The molecule has 0 aliphatic heterocycles. The molecule has 0 spiro atoms. The molecule has 0 saturated carbocycles. The van der Waals surface area contributed by atoms with Gasteiger partial charge in [-0.25, -0.2) is 4.79 Å². The fourth-order valence-electron chi connectivity index (χ4n) is 3.79. The zero-order chi connectivity index (χ0) is 26.0. The second kappa shape index (κ2) is 12.5. The second-order valence-electron chi connectivity index (χ2n) is 8.91. The third-order valence-corrected chi connectivity index (χ3v) is 5.92. The molecule has 0 bridgehead atoms. The molecule has 0 radical (unpaired) electrons. The summed E-state index contributed by atoms with van der Waals surface area (Å²) in [5.41, 5.74) is 4.39. The molecule has 0 saturated heterocycles. The van der Waals surface area contributed by atoms with Crippen molar-refractivity contribution in [1.29, 1.82) is 0 Å². The van der Waals surface area contributed by atoms with Gasteiger partial charge in [0.25, 0.3) is 11.8 Å². The molecule has 1 aromatic heterocycles. The zero-order valence-electron chi connectivity index (χ0n) is 21.1. The van der Waals surface area contributed by atoms with Crippen LogP contribution < -0.4 is 10.6 Å². The summed E-state index contributed by atoms with van der Waals surface area (Å²) >= 11 is 0. The molecule has 1 heterocycles. The number of carbonyl (C=O) groups is 2. The maximum atomic E-state index is 12.4. The molecule has 37 heavy (non-hydrogen) atoms. The highest BCUT2D eigenvalue weighted by molar-refractivity contribution is 5.94. The Kier molecular flexibility index (Phi) is 8.65. The summed E-state index contributed by atoms with van der Waals surface area (Å²) in [7, 11) is 1.72. The highest BCUT2D eigenvalue weighted by Crippen LogP contribution is 2.18. The first-order valence-corrected chi connectivity index (χ1v) is 12.3. The normalized spacial score (nSPS) is 10.6. The summed E-state index contributed by atoms with van der Waals surface area (Å²) in [5, 5.41) is 9.86. The molecular formula is C29H31N5O3. The number of hydrogen-bond acceptors (Lipinski definition) is 5. The number of rotatable bonds is 10.